The summed E-state index contributed by atoms with van der Waals surface area (Å²) in [5, 5.41) is 3.16. The van der Waals surface area contributed by atoms with Gasteiger partial charge in [0.05, 0.1) is 12.7 Å². The molecule has 0 heterocycles. The van der Waals surface area contributed by atoms with E-state index in [0.717, 1.165) is 13.0 Å². The molecule has 0 rings (SSSR count). The zero-order valence-electron chi connectivity index (χ0n) is 10.6. The van der Waals surface area contributed by atoms with Gasteiger partial charge in [-0.25, -0.2) is 0 Å². The molecule has 0 aliphatic heterocycles. The van der Waals surface area contributed by atoms with Crippen LogP contribution in [0.15, 0.2) is 0 Å². The molecule has 0 saturated heterocycles. The maximum Gasteiger partial charge on any atom is 0.106 e. The Labute approximate surface area is 93.3 Å². The van der Waals surface area contributed by atoms with Gasteiger partial charge in [0.1, 0.15) is 6.10 Å². The normalized spacial score (nSPS) is 17.4. The average molecular weight is 219 g/mol. The molecule has 0 amide bonds. The van der Waals surface area contributed by atoms with Gasteiger partial charge in [0.25, 0.3) is 0 Å². The minimum Gasteiger partial charge on any atom is -0.382 e. The third kappa shape index (κ3) is 6.10. The van der Waals surface area contributed by atoms with Crippen LogP contribution in [0.3, 0.4) is 0 Å². The van der Waals surface area contributed by atoms with Crippen molar-refractivity contribution in [3.05, 3.63) is 0 Å². The molecule has 0 aromatic heterocycles. The van der Waals surface area contributed by atoms with E-state index in [1.165, 1.54) is 0 Å². The zero-order chi connectivity index (χ0) is 11.7. The molecule has 0 bridgehead atoms. The Hall–Kier alpha value is -0.160. The van der Waals surface area contributed by atoms with Crippen LogP contribution in [0.2, 0.25) is 0 Å². The van der Waals surface area contributed by atoms with Crippen molar-refractivity contribution in [3.8, 4) is 0 Å². The highest BCUT2D eigenvalue weighted by atomic mass is 16.6. The molecule has 92 valence electrons. The van der Waals surface area contributed by atoms with Crippen molar-refractivity contribution in [2.24, 2.45) is 5.92 Å². The number of hydrogen-bond donors (Lipinski definition) is 1. The number of rotatable bonds is 9. The third-order valence-electron chi connectivity index (χ3n) is 2.54. The lowest BCUT2D eigenvalue weighted by Crippen LogP contribution is -2.36. The van der Waals surface area contributed by atoms with Gasteiger partial charge < -0.3 is 19.5 Å². The molecule has 3 atom stereocenters. The Balaban J connectivity index is 4.07. The highest BCUT2D eigenvalue weighted by Gasteiger charge is 2.22. The van der Waals surface area contributed by atoms with E-state index in [9.17, 15) is 0 Å². The first kappa shape index (κ1) is 14.8. The van der Waals surface area contributed by atoms with Gasteiger partial charge in [0, 0.05) is 21.3 Å². The predicted octanol–water partition coefficient (Wildman–Crippen LogP) is 0.908. The lowest BCUT2D eigenvalue weighted by atomic mass is 10.00. The van der Waals surface area contributed by atoms with Gasteiger partial charge in [0.15, 0.2) is 0 Å². The first-order valence-corrected chi connectivity index (χ1v) is 5.38. The van der Waals surface area contributed by atoms with Crippen molar-refractivity contribution in [1.29, 1.82) is 0 Å². The van der Waals surface area contributed by atoms with Crippen LogP contribution in [-0.2, 0) is 14.2 Å². The van der Waals surface area contributed by atoms with Crippen molar-refractivity contribution in [2.75, 3.05) is 41.5 Å². The smallest absolute Gasteiger partial charge is 0.106 e. The van der Waals surface area contributed by atoms with Gasteiger partial charge in [0.2, 0.25) is 0 Å². The molecule has 0 aliphatic rings. The Morgan fingerprint density at radius 1 is 1.07 bits per heavy atom. The molecule has 1 unspecified atom stereocenters. The topological polar surface area (TPSA) is 39.7 Å². The molecule has 0 radical (unpaired) electrons. The summed E-state index contributed by atoms with van der Waals surface area (Å²) in [4.78, 5) is 0. The number of methoxy groups -OCH3 is 3. The second-order valence-electron chi connectivity index (χ2n) is 3.90. The van der Waals surface area contributed by atoms with Gasteiger partial charge in [-0.05, 0) is 25.9 Å². The van der Waals surface area contributed by atoms with E-state index in [1.807, 2.05) is 7.05 Å². The SMILES string of the molecule is CNC[C@@H](C)C[C@@H](OC)C(COC)OC. The molecule has 0 fully saturated rings. The van der Waals surface area contributed by atoms with Gasteiger partial charge in [-0.1, -0.05) is 6.92 Å². The van der Waals surface area contributed by atoms with Crippen LogP contribution in [0.4, 0.5) is 0 Å². The van der Waals surface area contributed by atoms with Crippen molar-refractivity contribution < 1.29 is 14.2 Å². The monoisotopic (exact) mass is 219 g/mol. The van der Waals surface area contributed by atoms with E-state index in [4.69, 9.17) is 14.2 Å². The number of nitrogens with one attached hydrogen (secondary N) is 1. The van der Waals surface area contributed by atoms with Gasteiger partial charge >= 0.3 is 0 Å². The summed E-state index contributed by atoms with van der Waals surface area (Å²) in [6.07, 6.45) is 1.08. The zero-order valence-corrected chi connectivity index (χ0v) is 10.6. The van der Waals surface area contributed by atoms with Crippen LogP contribution in [0, 0.1) is 5.92 Å². The molecule has 0 saturated carbocycles. The van der Waals surface area contributed by atoms with Crippen LogP contribution in [0.5, 0.6) is 0 Å². The molecule has 0 aliphatic carbocycles. The summed E-state index contributed by atoms with van der Waals surface area (Å²) < 4.78 is 15.9. The standard InChI is InChI=1S/C11H25NO3/c1-9(7-12-2)6-10(14-4)11(15-5)8-13-3/h9-12H,6-8H2,1-5H3/t9-,10+,11?/m0/s1. The maximum atomic E-state index is 5.44. The fourth-order valence-corrected chi connectivity index (χ4v) is 1.72. The summed E-state index contributed by atoms with van der Waals surface area (Å²) in [7, 11) is 7.05. The first-order chi connectivity index (χ1) is 7.19. The minimum absolute atomic E-state index is 0.0132. The lowest BCUT2D eigenvalue weighted by molar-refractivity contribution is -0.0749. The van der Waals surface area contributed by atoms with Gasteiger partial charge in [-0.3, -0.25) is 0 Å². The first-order valence-electron chi connectivity index (χ1n) is 5.38. The summed E-state index contributed by atoms with van der Waals surface area (Å²) in [5.41, 5.74) is 0. The average Bonchev–Trinajstić information content (AvgIpc) is 2.23. The molecule has 4 heteroatoms. The van der Waals surface area contributed by atoms with E-state index >= 15 is 0 Å². The Morgan fingerprint density at radius 3 is 2.07 bits per heavy atom. The minimum atomic E-state index is 0.0132. The summed E-state index contributed by atoms with van der Waals surface area (Å²) in [6, 6.07) is 0. The van der Waals surface area contributed by atoms with Crippen LogP contribution < -0.4 is 5.32 Å². The Bertz CT molecular complexity index is 144. The van der Waals surface area contributed by atoms with E-state index < -0.39 is 0 Å². The molecular formula is C11H25NO3. The Morgan fingerprint density at radius 2 is 1.67 bits per heavy atom. The molecule has 0 aromatic rings. The molecule has 4 nitrogen and oxygen atoms in total. The van der Waals surface area contributed by atoms with E-state index in [-0.39, 0.29) is 12.2 Å². The summed E-state index contributed by atoms with van der Waals surface area (Å²) in [5.74, 6) is 0.564. The third-order valence-corrected chi connectivity index (χ3v) is 2.54. The highest BCUT2D eigenvalue weighted by Crippen LogP contribution is 2.13. The van der Waals surface area contributed by atoms with Crippen molar-refractivity contribution in [3.63, 3.8) is 0 Å². The van der Waals surface area contributed by atoms with Crippen LogP contribution >= 0.6 is 0 Å². The lowest BCUT2D eigenvalue weighted by Gasteiger charge is -2.26. The summed E-state index contributed by atoms with van der Waals surface area (Å²) in [6.45, 7) is 3.76. The fraction of sp³-hybridized carbons (Fsp3) is 1.00. The van der Waals surface area contributed by atoms with Gasteiger partial charge in [-0.2, -0.15) is 0 Å². The second-order valence-corrected chi connectivity index (χ2v) is 3.90. The molecular weight excluding hydrogens is 194 g/mol. The van der Waals surface area contributed by atoms with Crippen molar-refractivity contribution in [2.45, 2.75) is 25.6 Å². The predicted molar refractivity (Wildman–Crippen MR) is 61.2 cm³/mol. The summed E-state index contributed by atoms with van der Waals surface area (Å²) >= 11 is 0. The van der Waals surface area contributed by atoms with E-state index in [1.54, 1.807) is 21.3 Å². The largest absolute Gasteiger partial charge is 0.382 e. The van der Waals surface area contributed by atoms with Crippen LogP contribution in [0.25, 0.3) is 0 Å². The highest BCUT2D eigenvalue weighted by molar-refractivity contribution is 4.73. The molecule has 0 spiro atoms. The van der Waals surface area contributed by atoms with E-state index in [0.29, 0.717) is 12.5 Å². The molecule has 15 heavy (non-hydrogen) atoms. The second kappa shape index (κ2) is 9.09. The van der Waals surface area contributed by atoms with E-state index in [2.05, 4.69) is 12.2 Å². The number of ether oxygens (including phenoxy) is 3. The van der Waals surface area contributed by atoms with Crippen LogP contribution in [0.1, 0.15) is 13.3 Å². The van der Waals surface area contributed by atoms with Crippen LogP contribution in [-0.4, -0.2) is 53.7 Å². The molecule has 0 aromatic carbocycles. The maximum absolute atomic E-state index is 5.44. The quantitative estimate of drug-likeness (QED) is 0.625. The van der Waals surface area contributed by atoms with Crippen molar-refractivity contribution in [1.82, 2.24) is 5.32 Å². The Kier molecular flexibility index (Phi) is 9.00. The fourth-order valence-electron chi connectivity index (χ4n) is 1.72. The number of hydrogen-bond acceptors (Lipinski definition) is 4. The van der Waals surface area contributed by atoms with Gasteiger partial charge in [-0.15, -0.1) is 0 Å². The van der Waals surface area contributed by atoms with Crippen molar-refractivity contribution >= 4 is 0 Å². The molecule has 1 N–H and O–H groups in total.